The molecule has 0 aromatic heterocycles. The lowest BCUT2D eigenvalue weighted by Crippen LogP contribution is -2.27. The standard InChI is InChI=1S/C14H19NO4/c1-18-13-8-12(16)10(14(17)19-2)7-9(13)11-5-3-4-6-15-11/h7-8,11,15-16H,3-6H2,1-2H3. The van der Waals surface area contributed by atoms with Gasteiger partial charge >= 0.3 is 5.97 Å². The lowest BCUT2D eigenvalue weighted by Gasteiger charge is -2.26. The highest BCUT2D eigenvalue weighted by Gasteiger charge is 2.23. The van der Waals surface area contributed by atoms with Crippen molar-refractivity contribution in [2.24, 2.45) is 0 Å². The smallest absolute Gasteiger partial charge is 0.341 e. The van der Waals surface area contributed by atoms with E-state index < -0.39 is 5.97 Å². The van der Waals surface area contributed by atoms with Gasteiger partial charge in [0.25, 0.3) is 0 Å². The molecule has 0 aliphatic carbocycles. The summed E-state index contributed by atoms with van der Waals surface area (Å²) in [5.41, 5.74) is 1.06. The van der Waals surface area contributed by atoms with Gasteiger partial charge in [-0.25, -0.2) is 4.79 Å². The zero-order valence-corrected chi connectivity index (χ0v) is 11.2. The predicted molar refractivity (Wildman–Crippen MR) is 70.6 cm³/mol. The summed E-state index contributed by atoms with van der Waals surface area (Å²) < 4.78 is 9.97. The molecule has 1 aromatic rings. The third kappa shape index (κ3) is 2.81. The van der Waals surface area contributed by atoms with Gasteiger partial charge in [-0.15, -0.1) is 0 Å². The van der Waals surface area contributed by atoms with Crippen LogP contribution < -0.4 is 10.1 Å². The second kappa shape index (κ2) is 5.93. The number of rotatable bonds is 3. The Labute approximate surface area is 112 Å². The van der Waals surface area contributed by atoms with Crippen molar-refractivity contribution < 1.29 is 19.4 Å². The number of phenolic OH excluding ortho intramolecular Hbond substituents is 1. The second-order valence-electron chi connectivity index (χ2n) is 4.61. The van der Waals surface area contributed by atoms with Crippen LogP contribution in [0.5, 0.6) is 11.5 Å². The highest BCUT2D eigenvalue weighted by Crippen LogP contribution is 2.35. The van der Waals surface area contributed by atoms with Crippen LogP contribution in [0.15, 0.2) is 12.1 Å². The molecule has 0 radical (unpaired) electrons. The van der Waals surface area contributed by atoms with Crippen LogP contribution in [-0.4, -0.2) is 31.8 Å². The average Bonchev–Trinajstić information content (AvgIpc) is 2.47. The molecule has 104 valence electrons. The molecule has 0 saturated carbocycles. The van der Waals surface area contributed by atoms with Crippen LogP contribution in [0.2, 0.25) is 0 Å². The number of esters is 1. The van der Waals surface area contributed by atoms with E-state index in [4.69, 9.17) is 4.74 Å². The Kier molecular flexibility index (Phi) is 4.27. The maximum atomic E-state index is 11.6. The molecule has 1 atom stereocenters. The number of hydrogen-bond acceptors (Lipinski definition) is 5. The van der Waals surface area contributed by atoms with Gasteiger partial charge in [-0.05, 0) is 25.5 Å². The first kappa shape index (κ1) is 13.7. The molecule has 1 aliphatic heterocycles. The molecule has 0 spiro atoms. The van der Waals surface area contributed by atoms with Crippen molar-refractivity contribution >= 4 is 5.97 Å². The number of methoxy groups -OCH3 is 2. The molecule has 1 aliphatic rings. The number of phenols is 1. The zero-order valence-electron chi connectivity index (χ0n) is 11.2. The molecule has 1 heterocycles. The van der Waals surface area contributed by atoms with Crippen molar-refractivity contribution in [1.82, 2.24) is 5.32 Å². The topological polar surface area (TPSA) is 67.8 Å². The van der Waals surface area contributed by atoms with E-state index in [9.17, 15) is 9.90 Å². The van der Waals surface area contributed by atoms with E-state index in [2.05, 4.69) is 10.1 Å². The highest BCUT2D eigenvalue weighted by atomic mass is 16.5. The molecule has 1 unspecified atom stereocenters. The predicted octanol–water partition coefficient (Wildman–Crippen LogP) is 2.00. The van der Waals surface area contributed by atoms with Gasteiger partial charge in [-0.3, -0.25) is 0 Å². The van der Waals surface area contributed by atoms with Crippen LogP contribution in [0.25, 0.3) is 0 Å². The maximum absolute atomic E-state index is 11.6. The molecule has 0 amide bonds. The Morgan fingerprint density at radius 1 is 1.37 bits per heavy atom. The van der Waals surface area contributed by atoms with E-state index in [1.807, 2.05) is 0 Å². The molecular formula is C14H19NO4. The Morgan fingerprint density at radius 2 is 2.16 bits per heavy atom. The molecular weight excluding hydrogens is 246 g/mol. The van der Waals surface area contributed by atoms with Gasteiger partial charge in [-0.2, -0.15) is 0 Å². The number of carbonyl (C=O) groups is 1. The number of aromatic hydroxyl groups is 1. The molecule has 2 N–H and O–H groups in total. The van der Waals surface area contributed by atoms with Gasteiger partial charge in [0.15, 0.2) is 0 Å². The fraction of sp³-hybridized carbons (Fsp3) is 0.500. The Bertz CT molecular complexity index is 467. The maximum Gasteiger partial charge on any atom is 0.341 e. The molecule has 5 heteroatoms. The molecule has 5 nitrogen and oxygen atoms in total. The largest absolute Gasteiger partial charge is 0.507 e. The van der Waals surface area contributed by atoms with Crippen LogP contribution in [-0.2, 0) is 4.74 Å². The molecule has 19 heavy (non-hydrogen) atoms. The van der Waals surface area contributed by atoms with E-state index in [-0.39, 0.29) is 17.4 Å². The third-order valence-corrected chi connectivity index (χ3v) is 3.44. The fourth-order valence-corrected chi connectivity index (χ4v) is 2.43. The number of carbonyl (C=O) groups excluding carboxylic acids is 1. The van der Waals surface area contributed by atoms with Gasteiger partial charge in [0.2, 0.25) is 0 Å². The first-order valence-electron chi connectivity index (χ1n) is 6.40. The Morgan fingerprint density at radius 3 is 2.74 bits per heavy atom. The van der Waals surface area contributed by atoms with Gasteiger partial charge in [0.1, 0.15) is 17.1 Å². The van der Waals surface area contributed by atoms with Gasteiger partial charge < -0.3 is 19.9 Å². The quantitative estimate of drug-likeness (QED) is 0.818. The van der Waals surface area contributed by atoms with Gasteiger partial charge in [0.05, 0.1) is 14.2 Å². The van der Waals surface area contributed by atoms with Crippen molar-refractivity contribution in [3.8, 4) is 11.5 Å². The summed E-state index contributed by atoms with van der Waals surface area (Å²) in [6, 6.07) is 3.27. The normalized spacial score (nSPS) is 18.9. The molecule has 1 fully saturated rings. The van der Waals surface area contributed by atoms with Gasteiger partial charge in [-0.1, -0.05) is 6.42 Å². The molecule has 2 rings (SSSR count). The van der Waals surface area contributed by atoms with Crippen molar-refractivity contribution in [2.45, 2.75) is 25.3 Å². The summed E-state index contributed by atoms with van der Waals surface area (Å²) in [5, 5.41) is 13.2. The van der Waals surface area contributed by atoms with E-state index in [0.29, 0.717) is 5.75 Å². The summed E-state index contributed by atoms with van der Waals surface area (Å²) in [7, 11) is 2.85. The summed E-state index contributed by atoms with van der Waals surface area (Å²) in [4.78, 5) is 11.6. The lowest BCUT2D eigenvalue weighted by molar-refractivity contribution is 0.0597. The highest BCUT2D eigenvalue weighted by molar-refractivity contribution is 5.93. The van der Waals surface area contributed by atoms with Crippen LogP contribution in [0, 0.1) is 0 Å². The average molecular weight is 265 g/mol. The Hall–Kier alpha value is -1.75. The molecule has 1 aromatic carbocycles. The Balaban J connectivity index is 2.41. The number of benzene rings is 1. The van der Waals surface area contributed by atoms with Gasteiger partial charge in [0, 0.05) is 17.7 Å². The summed E-state index contributed by atoms with van der Waals surface area (Å²) >= 11 is 0. The summed E-state index contributed by atoms with van der Waals surface area (Å²) in [6.07, 6.45) is 3.28. The lowest BCUT2D eigenvalue weighted by atomic mass is 9.95. The monoisotopic (exact) mass is 265 g/mol. The number of piperidine rings is 1. The minimum absolute atomic E-state index is 0.122. The van der Waals surface area contributed by atoms with Crippen LogP contribution in [0.3, 0.4) is 0 Å². The molecule has 1 saturated heterocycles. The van der Waals surface area contributed by atoms with Crippen LogP contribution in [0.4, 0.5) is 0 Å². The first-order valence-corrected chi connectivity index (χ1v) is 6.40. The van der Waals surface area contributed by atoms with Crippen molar-refractivity contribution in [3.05, 3.63) is 23.3 Å². The van der Waals surface area contributed by atoms with Crippen molar-refractivity contribution in [3.63, 3.8) is 0 Å². The van der Waals surface area contributed by atoms with Crippen LogP contribution >= 0.6 is 0 Å². The number of hydrogen-bond donors (Lipinski definition) is 2. The van der Waals surface area contributed by atoms with E-state index in [0.717, 1.165) is 31.4 Å². The molecule has 0 bridgehead atoms. The van der Waals surface area contributed by atoms with Crippen LogP contribution in [0.1, 0.15) is 41.2 Å². The minimum atomic E-state index is -0.544. The van der Waals surface area contributed by atoms with Crippen molar-refractivity contribution in [1.29, 1.82) is 0 Å². The second-order valence-corrected chi connectivity index (χ2v) is 4.61. The van der Waals surface area contributed by atoms with E-state index in [1.54, 1.807) is 13.2 Å². The summed E-state index contributed by atoms with van der Waals surface area (Å²) in [5.74, 6) is -0.0787. The minimum Gasteiger partial charge on any atom is -0.507 e. The van der Waals surface area contributed by atoms with E-state index >= 15 is 0 Å². The SMILES string of the molecule is COC(=O)c1cc(C2CCCCN2)c(OC)cc1O. The van der Waals surface area contributed by atoms with Crippen molar-refractivity contribution in [2.75, 3.05) is 20.8 Å². The van der Waals surface area contributed by atoms with E-state index in [1.165, 1.54) is 13.2 Å². The zero-order chi connectivity index (χ0) is 13.8. The fourth-order valence-electron chi connectivity index (χ4n) is 2.43. The number of ether oxygens (including phenoxy) is 2. The third-order valence-electron chi connectivity index (χ3n) is 3.44. The number of nitrogens with one attached hydrogen (secondary N) is 1. The summed E-state index contributed by atoms with van der Waals surface area (Å²) in [6.45, 7) is 0.947. The first-order chi connectivity index (χ1) is 9.17.